The zero-order chi connectivity index (χ0) is 19.4. The second kappa shape index (κ2) is 8.61. The first kappa shape index (κ1) is 19.5. The number of nitrogens with one attached hydrogen (secondary N) is 1. The summed E-state index contributed by atoms with van der Waals surface area (Å²) in [5.41, 5.74) is 2.31. The number of ketones is 1. The lowest BCUT2D eigenvalue weighted by molar-refractivity contribution is -0.119. The number of nitrogens with zero attached hydrogens (tertiary/aromatic N) is 2. The summed E-state index contributed by atoms with van der Waals surface area (Å²) >= 11 is 5.96. The van der Waals surface area contributed by atoms with Gasteiger partial charge in [-0.25, -0.2) is 9.97 Å². The van der Waals surface area contributed by atoms with Gasteiger partial charge in [-0.3, -0.25) is 14.9 Å². The van der Waals surface area contributed by atoms with E-state index < -0.39 is 0 Å². The molecule has 0 saturated heterocycles. The van der Waals surface area contributed by atoms with E-state index in [9.17, 15) is 9.59 Å². The largest absolute Gasteiger partial charge is 0.294 e. The minimum absolute atomic E-state index is 0.0328. The molecule has 1 heterocycles. The predicted octanol–water partition coefficient (Wildman–Crippen LogP) is 4.81. The van der Waals surface area contributed by atoms with Gasteiger partial charge in [0.15, 0.2) is 5.78 Å². The van der Waals surface area contributed by atoms with E-state index in [1.807, 2.05) is 31.2 Å². The Labute approximate surface area is 164 Å². The Hall–Kier alpha value is -2.27. The van der Waals surface area contributed by atoms with Crippen LogP contribution < -0.4 is 5.32 Å². The third-order valence-corrected chi connectivity index (χ3v) is 5.31. The summed E-state index contributed by atoms with van der Waals surface area (Å²) in [5.74, 6) is 0.189. The molecular formula is C21H24ClN3O2. The lowest BCUT2D eigenvalue weighted by atomic mass is 9.82. The van der Waals surface area contributed by atoms with Crippen molar-refractivity contribution in [3.63, 3.8) is 0 Å². The van der Waals surface area contributed by atoms with E-state index in [0.717, 1.165) is 24.8 Å². The molecule has 1 aromatic carbocycles. The van der Waals surface area contributed by atoms with Crippen molar-refractivity contribution < 1.29 is 9.59 Å². The van der Waals surface area contributed by atoms with Crippen LogP contribution >= 0.6 is 11.6 Å². The van der Waals surface area contributed by atoms with Crippen LogP contribution in [-0.2, 0) is 11.2 Å². The van der Waals surface area contributed by atoms with Crippen molar-refractivity contribution >= 4 is 29.2 Å². The maximum atomic E-state index is 12.5. The molecule has 0 fully saturated rings. The third kappa shape index (κ3) is 4.72. The van der Waals surface area contributed by atoms with Crippen LogP contribution in [0.2, 0.25) is 5.02 Å². The summed E-state index contributed by atoms with van der Waals surface area (Å²) in [6.07, 6.45) is 5.51. The molecule has 0 spiro atoms. The highest BCUT2D eigenvalue weighted by atomic mass is 35.5. The summed E-state index contributed by atoms with van der Waals surface area (Å²) in [4.78, 5) is 33.4. The van der Waals surface area contributed by atoms with Crippen molar-refractivity contribution in [2.24, 2.45) is 5.92 Å². The molecule has 1 aliphatic carbocycles. The standard InChI is InChI=1S/C21H24ClN3O2/c1-3-4-5-13(2)20(27)25-21-23-12-17-18(24-21)10-15(11-19(17)26)14-6-8-16(22)9-7-14/h6-9,12-13,15H,3-5,10-11H2,1-2H3,(H,23,24,25,27)/t13-,15-/m1/s1. The van der Waals surface area contributed by atoms with Crippen molar-refractivity contribution in [2.75, 3.05) is 5.32 Å². The quantitative estimate of drug-likeness (QED) is 0.774. The zero-order valence-corrected chi connectivity index (χ0v) is 16.4. The molecule has 0 radical (unpaired) electrons. The lowest BCUT2D eigenvalue weighted by Crippen LogP contribution is -2.24. The molecular weight excluding hydrogens is 362 g/mol. The first-order valence-corrected chi connectivity index (χ1v) is 9.81. The van der Waals surface area contributed by atoms with Gasteiger partial charge in [0.25, 0.3) is 0 Å². The first-order valence-electron chi connectivity index (χ1n) is 9.43. The molecule has 0 aliphatic heterocycles. The minimum Gasteiger partial charge on any atom is -0.294 e. The highest BCUT2D eigenvalue weighted by Crippen LogP contribution is 2.32. The van der Waals surface area contributed by atoms with Gasteiger partial charge in [-0.05, 0) is 36.5 Å². The molecule has 3 rings (SSSR count). The highest BCUT2D eigenvalue weighted by molar-refractivity contribution is 6.30. The average Bonchev–Trinajstić information content (AvgIpc) is 2.66. The fourth-order valence-corrected chi connectivity index (χ4v) is 3.48. The number of halogens is 1. The summed E-state index contributed by atoms with van der Waals surface area (Å²) in [7, 11) is 0. The van der Waals surface area contributed by atoms with Gasteiger partial charge < -0.3 is 0 Å². The van der Waals surface area contributed by atoms with E-state index in [1.165, 1.54) is 6.20 Å². The molecule has 2 atom stereocenters. The molecule has 0 saturated carbocycles. The van der Waals surface area contributed by atoms with Crippen molar-refractivity contribution in [2.45, 2.75) is 51.9 Å². The Morgan fingerprint density at radius 1 is 1.30 bits per heavy atom. The number of unbranched alkanes of at least 4 members (excludes halogenated alkanes) is 1. The number of aromatic nitrogens is 2. The molecule has 0 bridgehead atoms. The van der Waals surface area contributed by atoms with Crippen LogP contribution in [-0.4, -0.2) is 21.7 Å². The monoisotopic (exact) mass is 385 g/mol. The smallest absolute Gasteiger partial charge is 0.229 e. The van der Waals surface area contributed by atoms with E-state index in [2.05, 4.69) is 22.2 Å². The highest BCUT2D eigenvalue weighted by Gasteiger charge is 2.28. The van der Waals surface area contributed by atoms with E-state index >= 15 is 0 Å². The Morgan fingerprint density at radius 3 is 2.74 bits per heavy atom. The number of amides is 1. The number of Topliss-reactive ketones (excluding diaryl/α,β-unsaturated/α-hetero) is 1. The van der Waals surface area contributed by atoms with Gasteiger partial charge in [0.1, 0.15) is 0 Å². The number of rotatable bonds is 6. The lowest BCUT2D eigenvalue weighted by Gasteiger charge is -2.23. The van der Waals surface area contributed by atoms with Crippen LogP contribution in [0.5, 0.6) is 0 Å². The van der Waals surface area contributed by atoms with E-state index in [-0.39, 0.29) is 29.5 Å². The predicted molar refractivity (Wildman–Crippen MR) is 106 cm³/mol. The zero-order valence-electron chi connectivity index (χ0n) is 15.7. The number of hydrogen-bond donors (Lipinski definition) is 1. The fraction of sp³-hybridized carbons (Fsp3) is 0.429. The topological polar surface area (TPSA) is 72.0 Å². The van der Waals surface area contributed by atoms with Crippen LogP contribution in [0.25, 0.3) is 0 Å². The number of fused-ring (bicyclic) bond motifs is 1. The molecule has 2 aromatic rings. The van der Waals surface area contributed by atoms with E-state index in [1.54, 1.807) is 0 Å². The fourth-order valence-electron chi connectivity index (χ4n) is 3.35. The van der Waals surface area contributed by atoms with Crippen molar-refractivity contribution in [1.82, 2.24) is 9.97 Å². The SMILES string of the molecule is CCCC[C@@H](C)C(=O)Nc1ncc2c(n1)C[C@@H](c1ccc(Cl)cc1)CC2=O. The van der Waals surface area contributed by atoms with Crippen LogP contribution in [0, 0.1) is 5.92 Å². The molecule has 1 amide bonds. The number of benzene rings is 1. The molecule has 1 aliphatic rings. The van der Waals surface area contributed by atoms with Crippen molar-refractivity contribution in [3.05, 3.63) is 52.3 Å². The van der Waals surface area contributed by atoms with Crippen molar-refractivity contribution in [1.29, 1.82) is 0 Å². The van der Waals surface area contributed by atoms with Crippen LogP contribution in [0.15, 0.2) is 30.5 Å². The first-order chi connectivity index (χ1) is 13.0. The Bertz CT molecular complexity index is 836. The van der Waals surface area contributed by atoms with Crippen LogP contribution in [0.3, 0.4) is 0 Å². The molecule has 5 nitrogen and oxygen atoms in total. The Morgan fingerprint density at radius 2 is 2.04 bits per heavy atom. The summed E-state index contributed by atoms with van der Waals surface area (Å²) < 4.78 is 0. The maximum absolute atomic E-state index is 12.5. The summed E-state index contributed by atoms with van der Waals surface area (Å²) in [6.45, 7) is 4.01. The number of anilines is 1. The molecule has 6 heteroatoms. The second-order valence-corrected chi connectivity index (χ2v) is 7.60. The van der Waals surface area contributed by atoms with Crippen LogP contribution in [0.4, 0.5) is 5.95 Å². The number of carbonyl (C=O) groups excluding carboxylic acids is 2. The Balaban J connectivity index is 1.75. The maximum Gasteiger partial charge on any atom is 0.229 e. The summed E-state index contributed by atoms with van der Waals surface area (Å²) in [5, 5.41) is 3.46. The van der Waals surface area contributed by atoms with Crippen LogP contribution in [0.1, 0.15) is 67.1 Å². The van der Waals surface area contributed by atoms with E-state index in [0.29, 0.717) is 29.1 Å². The van der Waals surface area contributed by atoms with E-state index in [4.69, 9.17) is 11.6 Å². The second-order valence-electron chi connectivity index (χ2n) is 7.17. The van der Waals surface area contributed by atoms with Gasteiger partial charge in [0, 0.05) is 23.6 Å². The minimum atomic E-state index is -0.0898. The number of carbonyl (C=O) groups is 2. The van der Waals surface area contributed by atoms with Gasteiger partial charge in [-0.1, -0.05) is 50.4 Å². The van der Waals surface area contributed by atoms with Gasteiger partial charge in [0.2, 0.25) is 11.9 Å². The molecule has 27 heavy (non-hydrogen) atoms. The molecule has 1 aromatic heterocycles. The molecule has 142 valence electrons. The summed E-state index contributed by atoms with van der Waals surface area (Å²) in [6, 6.07) is 7.57. The van der Waals surface area contributed by atoms with Gasteiger partial charge in [0.05, 0.1) is 11.3 Å². The average molecular weight is 386 g/mol. The van der Waals surface area contributed by atoms with Gasteiger partial charge >= 0.3 is 0 Å². The van der Waals surface area contributed by atoms with Gasteiger partial charge in [-0.15, -0.1) is 0 Å². The Kier molecular flexibility index (Phi) is 6.22. The number of hydrogen-bond acceptors (Lipinski definition) is 4. The van der Waals surface area contributed by atoms with Gasteiger partial charge in [-0.2, -0.15) is 0 Å². The van der Waals surface area contributed by atoms with Crippen molar-refractivity contribution in [3.8, 4) is 0 Å². The molecule has 1 N–H and O–H groups in total. The third-order valence-electron chi connectivity index (χ3n) is 5.05. The normalized spacial score (nSPS) is 17.3. The molecule has 0 unspecified atom stereocenters.